The van der Waals surface area contributed by atoms with Gasteiger partial charge in [0.1, 0.15) is 0 Å². The van der Waals surface area contributed by atoms with Gasteiger partial charge in [0, 0.05) is 11.7 Å². The first-order valence-electron chi connectivity index (χ1n) is 1.92. The van der Waals surface area contributed by atoms with Gasteiger partial charge in [0.05, 0.1) is 0 Å². The van der Waals surface area contributed by atoms with Crippen LogP contribution in [0.25, 0.3) is 0 Å². The lowest BCUT2D eigenvalue weighted by atomic mass is 10.8. The van der Waals surface area contributed by atoms with E-state index in [1.807, 2.05) is 6.92 Å². The third-order valence-electron chi connectivity index (χ3n) is 0.323. The molecule has 0 aliphatic heterocycles. The van der Waals surface area contributed by atoms with E-state index < -0.39 is 0 Å². The molecule has 0 aliphatic rings. The van der Waals surface area contributed by atoms with Crippen LogP contribution in [-0.4, -0.2) is 5.75 Å². The maximum atomic E-state index is 7.86. The van der Waals surface area contributed by atoms with E-state index in [2.05, 4.69) is 11.2 Å². The summed E-state index contributed by atoms with van der Waals surface area (Å²) in [6.45, 7) is 2.00. The zero-order chi connectivity index (χ0) is 5.54. The monoisotopic (exact) mass is 111 g/mol. The number of hydrogen-bond acceptors (Lipinski definition) is 2. The highest BCUT2D eigenvalue weighted by Crippen LogP contribution is 1.91. The van der Waals surface area contributed by atoms with Crippen LogP contribution in [-0.2, 0) is 0 Å². The van der Waals surface area contributed by atoms with Gasteiger partial charge >= 0.3 is 0 Å². The smallest absolute Gasteiger partial charge is 0.153 e. The lowest BCUT2D eigenvalue weighted by Crippen LogP contribution is -1.55. The molecule has 0 atom stereocenters. The Hall–Kier alpha value is -0.600. The number of thioether (sulfide) groups is 1. The Labute approximate surface area is 47.7 Å². The van der Waals surface area contributed by atoms with E-state index in [-0.39, 0.29) is 0 Å². The molecule has 0 amide bonds. The van der Waals surface area contributed by atoms with Crippen LogP contribution in [0.2, 0.25) is 0 Å². The average Bonchev–Trinajstić information content (AvgIpc) is 1.69. The van der Waals surface area contributed by atoms with Gasteiger partial charge in [-0.25, -0.2) is 0 Å². The summed E-state index contributed by atoms with van der Waals surface area (Å²) in [5, 5.41) is 10.4. The summed E-state index contributed by atoms with van der Waals surface area (Å²) in [7, 11) is 0. The molecule has 0 radical (unpaired) electrons. The van der Waals surface area contributed by atoms with Gasteiger partial charge in [-0.3, -0.25) is 0 Å². The SMILES string of the molecule is CCSC#CC#N. The number of hydrogen-bond donors (Lipinski definition) is 0. The second kappa shape index (κ2) is 5.40. The van der Waals surface area contributed by atoms with Crippen molar-refractivity contribution in [3.05, 3.63) is 0 Å². The first kappa shape index (κ1) is 6.40. The van der Waals surface area contributed by atoms with Gasteiger partial charge in [0.15, 0.2) is 6.07 Å². The van der Waals surface area contributed by atoms with Gasteiger partial charge in [-0.15, -0.1) is 0 Å². The topological polar surface area (TPSA) is 23.8 Å². The Balaban J connectivity index is 3.13. The summed E-state index contributed by atoms with van der Waals surface area (Å²) in [5.74, 6) is 3.22. The molecule has 0 bridgehead atoms. The third kappa shape index (κ3) is 5.40. The minimum Gasteiger partial charge on any atom is -0.183 e. The van der Waals surface area contributed by atoms with Crippen molar-refractivity contribution < 1.29 is 0 Å². The molecule has 0 aromatic rings. The minimum absolute atomic E-state index is 0.953. The van der Waals surface area contributed by atoms with Crippen LogP contribution >= 0.6 is 11.8 Å². The number of rotatable bonds is 1. The van der Waals surface area contributed by atoms with Crippen molar-refractivity contribution in [2.24, 2.45) is 0 Å². The van der Waals surface area contributed by atoms with Crippen molar-refractivity contribution in [3.63, 3.8) is 0 Å². The summed E-state index contributed by atoms with van der Waals surface area (Å²) in [5.41, 5.74) is 0. The van der Waals surface area contributed by atoms with Crippen molar-refractivity contribution >= 4 is 11.8 Å². The Morgan fingerprint density at radius 2 is 2.43 bits per heavy atom. The zero-order valence-electron chi connectivity index (χ0n) is 4.06. The highest BCUT2D eigenvalue weighted by molar-refractivity contribution is 8.03. The van der Waals surface area contributed by atoms with E-state index in [4.69, 9.17) is 5.26 Å². The molecule has 2 heteroatoms. The summed E-state index contributed by atoms with van der Waals surface area (Å²) in [4.78, 5) is 0. The maximum absolute atomic E-state index is 7.86. The molecule has 0 saturated heterocycles. The lowest BCUT2D eigenvalue weighted by Gasteiger charge is -1.70. The Morgan fingerprint density at radius 3 is 2.86 bits per heavy atom. The van der Waals surface area contributed by atoms with E-state index in [0.717, 1.165) is 5.75 Å². The van der Waals surface area contributed by atoms with Crippen LogP contribution in [0.5, 0.6) is 0 Å². The molecule has 0 aromatic carbocycles. The van der Waals surface area contributed by atoms with Crippen LogP contribution in [0.1, 0.15) is 6.92 Å². The highest BCUT2D eigenvalue weighted by atomic mass is 32.2. The highest BCUT2D eigenvalue weighted by Gasteiger charge is 1.65. The molecule has 0 aromatic heterocycles. The van der Waals surface area contributed by atoms with Crippen molar-refractivity contribution in [1.82, 2.24) is 0 Å². The van der Waals surface area contributed by atoms with Crippen molar-refractivity contribution in [3.8, 4) is 17.2 Å². The molecular formula is C5H5NS. The zero-order valence-corrected chi connectivity index (χ0v) is 4.88. The quantitative estimate of drug-likeness (QED) is 0.475. The first-order valence-corrected chi connectivity index (χ1v) is 2.91. The molecule has 0 saturated carbocycles. The molecule has 1 nitrogen and oxygen atoms in total. The molecule has 7 heavy (non-hydrogen) atoms. The minimum atomic E-state index is 0.953. The molecule has 0 spiro atoms. The van der Waals surface area contributed by atoms with E-state index in [1.165, 1.54) is 11.8 Å². The Kier molecular flexibility index (Phi) is 4.94. The second-order valence-corrected chi connectivity index (χ2v) is 1.84. The molecule has 0 fully saturated rings. The van der Waals surface area contributed by atoms with Gasteiger partial charge < -0.3 is 0 Å². The van der Waals surface area contributed by atoms with Crippen molar-refractivity contribution in [2.45, 2.75) is 6.92 Å². The molecule has 0 unspecified atom stereocenters. The van der Waals surface area contributed by atoms with Gasteiger partial charge in [-0.2, -0.15) is 5.26 Å². The number of nitriles is 1. The van der Waals surface area contributed by atoms with Crippen LogP contribution in [0.15, 0.2) is 0 Å². The third-order valence-corrected chi connectivity index (χ3v) is 0.859. The van der Waals surface area contributed by atoms with E-state index in [9.17, 15) is 0 Å². The standard InChI is InChI=1S/C5H5NS/c1-2-7-5-3-4-6/h2H2,1H3. The van der Waals surface area contributed by atoms with Crippen LogP contribution in [0, 0.1) is 22.5 Å². The van der Waals surface area contributed by atoms with E-state index >= 15 is 0 Å². The molecule has 0 aliphatic carbocycles. The molecule has 0 N–H and O–H groups in total. The van der Waals surface area contributed by atoms with Crippen molar-refractivity contribution in [1.29, 1.82) is 5.26 Å². The fraction of sp³-hybridized carbons (Fsp3) is 0.400. The summed E-state index contributed by atoms with van der Waals surface area (Å²) < 4.78 is 0. The largest absolute Gasteiger partial charge is 0.183 e. The van der Waals surface area contributed by atoms with Gasteiger partial charge in [0.25, 0.3) is 0 Å². The lowest BCUT2D eigenvalue weighted by molar-refractivity contribution is 1.54. The predicted molar refractivity (Wildman–Crippen MR) is 31.5 cm³/mol. The van der Waals surface area contributed by atoms with Crippen LogP contribution < -0.4 is 0 Å². The van der Waals surface area contributed by atoms with Crippen LogP contribution in [0.3, 0.4) is 0 Å². The molecule has 36 valence electrons. The molecule has 0 heterocycles. The number of nitrogens with zero attached hydrogens (tertiary/aromatic N) is 1. The van der Waals surface area contributed by atoms with E-state index in [0.29, 0.717) is 0 Å². The first-order chi connectivity index (χ1) is 3.41. The van der Waals surface area contributed by atoms with E-state index in [1.54, 1.807) is 6.07 Å². The van der Waals surface area contributed by atoms with Crippen molar-refractivity contribution in [2.75, 3.05) is 5.75 Å². The van der Waals surface area contributed by atoms with Crippen LogP contribution in [0.4, 0.5) is 0 Å². The Morgan fingerprint density at radius 1 is 1.71 bits per heavy atom. The second-order valence-electron chi connectivity index (χ2n) is 0.772. The van der Waals surface area contributed by atoms with Gasteiger partial charge in [-0.05, 0) is 5.25 Å². The molecular weight excluding hydrogens is 106 g/mol. The summed E-state index contributed by atoms with van der Waals surface area (Å²) >= 11 is 1.45. The summed E-state index contributed by atoms with van der Waals surface area (Å²) in [6.07, 6.45) is 0. The fourth-order valence-electron chi connectivity index (χ4n) is 0.131. The average molecular weight is 111 g/mol. The normalized spacial score (nSPS) is 5.71. The van der Waals surface area contributed by atoms with Gasteiger partial charge in [-0.1, -0.05) is 18.7 Å². The Bertz CT molecular complexity index is 123. The molecule has 0 rings (SSSR count). The van der Waals surface area contributed by atoms with Gasteiger partial charge in [0.2, 0.25) is 0 Å². The maximum Gasteiger partial charge on any atom is 0.153 e. The summed E-state index contributed by atoms with van der Waals surface area (Å²) in [6, 6.07) is 1.72. The fourth-order valence-corrected chi connectivity index (χ4v) is 0.393. The predicted octanol–water partition coefficient (Wildman–Crippen LogP) is 1.22.